The van der Waals surface area contributed by atoms with E-state index in [9.17, 15) is 9.90 Å². The molecule has 1 aliphatic rings. The fourth-order valence-corrected chi connectivity index (χ4v) is 3.29. The zero-order valence-electron chi connectivity index (χ0n) is 16.6. The summed E-state index contributed by atoms with van der Waals surface area (Å²) in [6, 6.07) is 7.91. The van der Waals surface area contributed by atoms with E-state index in [4.69, 9.17) is 0 Å². The van der Waals surface area contributed by atoms with Gasteiger partial charge in [0.05, 0.1) is 12.6 Å². The highest BCUT2D eigenvalue weighted by Gasteiger charge is 2.23. The molecule has 152 valence electrons. The molecule has 2 rings (SSSR count). The number of piperidine rings is 1. The molecule has 3 N–H and O–H groups in total. The molecular formula is C20H33IN4O2. The van der Waals surface area contributed by atoms with E-state index in [1.54, 1.807) is 7.05 Å². The lowest BCUT2D eigenvalue weighted by atomic mass is 9.93. The van der Waals surface area contributed by atoms with Crippen molar-refractivity contribution in [2.75, 3.05) is 33.2 Å². The van der Waals surface area contributed by atoms with Crippen LogP contribution in [0.1, 0.15) is 43.4 Å². The van der Waals surface area contributed by atoms with E-state index in [0.29, 0.717) is 18.9 Å². The van der Waals surface area contributed by atoms with Crippen molar-refractivity contribution in [1.29, 1.82) is 0 Å². The molecule has 1 unspecified atom stereocenters. The fraction of sp³-hybridized carbons (Fsp3) is 0.600. The molecule has 0 aromatic heterocycles. The predicted molar refractivity (Wildman–Crippen MR) is 121 cm³/mol. The second-order valence-electron chi connectivity index (χ2n) is 6.93. The third-order valence-electron chi connectivity index (χ3n) is 4.84. The van der Waals surface area contributed by atoms with Crippen molar-refractivity contribution < 1.29 is 9.90 Å². The van der Waals surface area contributed by atoms with Crippen LogP contribution in [0.4, 0.5) is 0 Å². The van der Waals surface area contributed by atoms with E-state index in [1.807, 2.05) is 38.1 Å². The van der Waals surface area contributed by atoms with Crippen LogP contribution in [0.5, 0.6) is 0 Å². The maximum Gasteiger partial charge on any atom is 0.220 e. The van der Waals surface area contributed by atoms with Crippen LogP contribution in [0.2, 0.25) is 0 Å². The number of hydrogen-bond acceptors (Lipinski definition) is 3. The number of benzene rings is 1. The van der Waals surface area contributed by atoms with Gasteiger partial charge in [-0.3, -0.25) is 9.79 Å². The smallest absolute Gasteiger partial charge is 0.220 e. The molecule has 0 spiro atoms. The number of halogens is 1. The van der Waals surface area contributed by atoms with Crippen LogP contribution in [-0.2, 0) is 4.79 Å². The number of aliphatic hydroxyl groups excluding tert-OH is 1. The second-order valence-corrected chi connectivity index (χ2v) is 6.93. The van der Waals surface area contributed by atoms with Crippen molar-refractivity contribution in [3.8, 4) is 0 Å². The molecule has 7 heteroatoms. The summed E-state index contributed by atoms with van der Waals surface area (Å²) in [6.07, 6.45) is 1.97. The van der Waals surface area contributed by atoms with E-state index in [-0.39, 0.29) is 29.9 Å². The first-order valence-electron chi connectivity index (χ1n) is 9.52. The third kappa shape index (κ3) is 7.65. The molecule has 27 heavy (non-hydrogen) atoms. The lowest BCUT2D eigenvalue weighted by Crippen LogP contribution is -2.46. The SMILES string of the molecule is CCNC(=NCC(O)c1cccc(C)c1)N1CCC(CC(=O)NC)CC1.I. The van der Waals surface area contributed by atoms with Crippen LogP contribution in [0.15, 0.2) is 29.3 Å². The molecule has 0 bridgehead atoms. The molecule has 1 heterocycles. The Morgan fingerprint density at radius 2 is 2.07 bits per heavy atom. The number of hydrogen-bond donors (Lipinski definition) is 3. The Balaban J connectivity index is 0.00000364. The van der Waals surface area contributed by atoms with Crippen LogP contribution in [0, 0.1) is 12.8 Å². The minimum Gasteiger partial charge on any atom is -0.386 e. The van der Waals surface area contributed by atoms with Crippen LogP contribution >= 0.6 is 24.0 Å². The first kappa shape index (κ1) is 23.7. The number of nitrogens with zero attached hydrogens (tertiary/aromatic N) is 2. The van der Waals surface area contributed by atoms with E-state index >= 15 is 0 Å². The van der Waals surface area contributed by atoms with Gasteiger partial charge in [0, 0.05) is 33.1 Å². The zero-order valence-corrected chi connectivity index (χ0v) is 18.9. The Morgan fingerprint density at radius 1 is 1.37 bits per heavy atom. The largest absolute Gasteiger partial charge is 0.386 e. The molecule has 1 aromatic rings. The summed E-state index contributed by atoms with van der Waals surface area (Å²) in [5, 5.41) is 16.5. The number of carbonyl (C=O) groups excluding carboxylic acids is 1. The monoisotopic (exact) mass is 488 g/mol. The number of aliphatic imine (C=N–C) groups is 1. The lowest BCUT2D eigenvalue weighted by molar-refractivity contribution is -0.121. The van der Waals surface area contributed by atoms with Gasteiger partial charge in [0.15, 0.2) is 5.96 Å². The fourth-order valence-electron chi connectivity index (χ4n) is 3.29. The number of aryl methyl sites for hydroxylation is 1. The molecule has 1 aliphatic heterocycles. The van der Waals surface area contributed by atoms with Crippen molar-refractivity contribution in [1.82, 2.24) is 15.5 Å². The Hall–Kier alpha value is -1.35. The van der Waals surface area contributed by atoms with E-state index in [1.165, 1.54) is 0 Å². The van der Waals surface area contributed by atoms with Crippen LogP contribution in [0.3, 0.4) is 0 Å². The molecule has 1 amide bonds. The summed E-state index contributed by atoms with van der Waals surface area (Å²) >= 11 is 0. The number of aliphatic hydroxyl groups is 1. The van der Waals surface area contributed by atoms with Gasteiger partial charge in [-0.1, -0.05) is 29.8 Å². The molecule has 1 aromatic carbocycles. The molecule has 6 nitrogen and oxygen atoms in total. The number of rotatable bonds is 6. The van der Waals surface area contributed by atoms with E-state index < -0.39 is 6.10 Å². The average molecular weight is 488 g/mol. The van der Waals surface area contributed by atoms with Gasteiger partial charge in [0.25, 0.3) is 0 Å². The standard InChI is InChI=1S/C20H32N4O2.HI/c1-4-22-20(23-14-18(25)17-7-5-6-15(2)12-17)24-10-8-16(9-11-24)13-19(26)21-3;/h5-7,12,16,18,25H,4,8-11,13-14H2,1-3H3,(H,21,26)(H,22,23);1H. The number of nitrogens with one attached hydrogen (secondary N) is 2. The summed E-state index contributed by atoms with van der Waals surface area (Å²) in [5.74, 6) is 1.40. The van der Waals surface area contributed by atoms with Crippen LogP contribution in [-0.4, -0.2) is 55.1 Å². The minimum absolute atomic E-state index is 0. The quantitative estimate of drug-likeness (QED) is 0.327. The summed E-state index contributed by atoms with van der Waals surface area (Å²) in [4.78, 5) is 18.4. The van der Waals surface area contributed by atoms with Crippen LogP contribution < -0.4 is 10.6 Å². The number of carbonyl (C=O) groups is 1. The highest BCUT2D eigenvalue weighted by atomic mass is 127. The maximum atomic E-state index is 11.5. The van der Waals surface area contributed by atoms with Gasteiger partial charge < -0.3 is 20.6 Å². The van der Waals surface area contributed by atoms with Crippen molar-refractivity contribution in [3.05, 3.63) is 35.4 Å². The Kier molecular flexibility index (Phi) is 10.7. The van der Waals surface area contributed by atoms with Crippen molar-refractivity contribution in [2.24, 2.45) is 10.9 Å². The van der Waals surface area contributed by atoms with Gasteiger partial charge in [-0.2, -0.15) is 0 Å². The molecule has 1 fully saturated rings. The van der Waals surface area contributed by atoms with E-state index in [0.717, 1.165) is 49.6 Å². The topological polar surface area (TPSA) is 77.0 Å². The first-order valence-corrected chi connectivity index (χ1v) is 9.52. The highest BCUT2D eigenvalue weighted by Crippen LogP contribution is 2.21. The summed E-state index contributed by atoms with van der Waals surface area (Å²) < 4.78 is 0. The number of likely N-dealkylation sites (tertiary alicyclic amines) is 1. The lowest BCUT2D eigenvalue weighted by Gasteiger charge is -2.34. The molecule has 0 radical (unpaired) electrons. The van der Waals surface area contributed by atoms with Crippen molar-refractivity contribution in [2.45, 2.75) is 39.2 Å². The summed E-state index contributed by atoms with van der Waals surface area (Å²) in [6.45, 7) is 6.96. The predicted octanol–water partition coefficient (Wildman–Crippen LogP) is 2.46. The molecular weight excluding hydrogens is 455 g/mol. The summed E-state index contributed by atoms with van der Waals surface area (Å²) in [7, 11) is 1.69. The van der Waals surface area contributed by atoms with Gasteiger partial charge in [-0.05, 0) is 38.2 Å². The molecule has 0 aliphatic carbocycles. The number of amides is 1. The van der Waals surface area contributed by atoms with Gasteiger partial charge in [-0.25, -0.2) is 0 Å². The van der Waals surface area contributed by atoms with Gasteiger partial charge >= 0.3 is 0 Å². The first-order chi connectivity index (χ1) is 12.5. The van der Waals surface area contributed by atoms with Crippen molar-refractivity contribution in [3.63, 3.8) is 0 Å². The summed E-state index contributed by atoms with van der Waals surface area (Å²) in [5.41, 5.74) is 2.03. The highest BCUT2D eigenvalue weighted by molar-refractivity contribution is 14.0. The number of guanidine groups is 1. The average Bonchev–Trinajstić information content (AvgIpc) is 2.65. The molecule has 0 saturated carbocycles. The second kappa shape index (κ2) is 12.2. The Morgan fingerprint density at radius 3 is 2.67 bits per heavy atom. The maximum absolute atomic E-state index is 11.5. The van der Waals surface area contributed by atoms with Gasteiger partial charge in [-0.15, -0.1) is 24.0 Å². The Bertz CT molecular complexity index is 616. The Labute approximate surface area is 179 Å². The normalized spacial score (nSPS) is 16.4. The van der Waals surface area contributed by atoms with Crippen LogP contribution in [0.25, 0.3) is 0 Å². The molecule has 1 saturated heterocycles. The zero-order chi connectivity index (χ0) is 18.9. The van der Waals surface area contributed by atoms with E-state index in [2.05, 4.69) is 20.5 Å². The van der Waals surface area contributed by atoms with Gasteiger partial charge in [0.1, 0.15) is 0 Å². The van der Waals surface area contributed by atoms with Gasteiger partial charge in [0.2, 0.25) is 5.91 Å². The van der Waals surface area contributed by atoms with Crippen molar-refractivity contribution >= 4 is 35.8 Å². The third-order valence-corrected chi connectivity index (χ3v) is 4.84. The molecule has 1 atom stereocenters. The minimum atomic E-state index is -0.602.